The fourth-order valence-corrected chi connectivity index (χ4v) is 1.47. The highest BCUT2D eigenvalue weighted by atomic mass is 16.7. The molecular weight excluding hydrogens is 284 g/mol. The molecule has 0 fully saturated rings. The van der Waals surface area contributed by atoms with Gasteiger partial charge in [0.1, 0.15) is 6.79 Å². The molecule has 0 saturated carbocycles. The topological polar surface area (TPSA) is 18.5 Å². The van der Waals surface area contributed by atoms with Crippen LogP contribution in [-0.4, -0.2) is 20.5 Å². The van der Waals surface area contributed by atoms with Gasteiger partial charge in [-0.1, -0.05) is 78.8 Å². The number of rotatable bonds is 7. The van der Waals surface area contributed by atoms with Gasteiger partial charge in [0, 0.05) is 7.11 Å². The van der Waals surface area contributed by atoms with Gasteiger partial charge in [0.2, 0.25) is 0 Å². The lowest BCUT2D eigenvalue weighted by Gasteiger charge is -2.03. The fourth-order valence-electron chi connectivity index (χ4n) is 1.47. The maximum atomic E-state index is 5.02. The predicted molar refractivity (Wildman–Crippen MR) is 103 cm³/mol. The third-order valence-electron chi connectivity index (χ3n) is 2.51. The first-order valence-electron chi connectivity index (χ1n) is 8.90. The summed E-state index contributed by atoms with van der Waals surface area (Å²) < 4.78 is 9.69. The van der Waals surface area contributed by atoms with Crippen molar-refractivity contribution in [3.63, 3.8) is 0 Å². The van der Waals surface area contributed by atoms with Crippen molar-refractivity contribution in [1.29, 1.82) is 0 Å². The summed E-state index contributed by atoms with van der Waals surface area (Å²) in [5.74, 6) is 2.25. The zero-order valence-electron chi connectivity index (χ0n) is 16.8. The second-order valence-corrected chi connectivity index (χ2v) is 7.32. The molecule has 0 aromatic heterocycles. The van der Waals surface area contributed by atoms with E-state index < -0.39 is 0 Å². The molecule has 0 amide bonds. The third kappa shape index (κ3) is 26.4. The van der Waals surface area contributed by atoms with Crippen molar-refractivity contribution in [2.24, 2.45) is 17.8 Å². The van der Waals surface area contributed by atoms with Crippen LogP contribution in [0.25, 0.3) is 0 Å². The minimum atomic E-state index is 0.415. The smallest absolute Gasteiger partial charge is 0.146 e. The van der Waals surface area contributed by atoms with Gasteiger partial charge in [-0.25, -0.2) is 0 Å². The monoisotopic (exact) mass is 324 g/mol. The molecule has 0 heterocycles. The number of ether oxygens (including phenoxy) is 2. The summed E-state index contributed by atoms with van der Waals surface area (Å²) in [7, 11) is 1.63. The maximum Gasteiger partial charge on any atom is 0.146 e. The van der Waals surface area contributed by atoms with Crippen molar-refractivity contribution in [2.45, 2.75) is 61.3 Å². The van der Waals surface area contributed by atoms with E-state index in [0.29, 0.717) is 12.7 Å². The first kappa shape index (κ1) is 24.4. The summed E-state index contributed by atoms with van der Waals surface area (Å²) in [6.45, 7) is 16.4. The molecule has 0 unspecified atom stereocenters. The zero-order chi connectivity index (χ0) is 18.1. The second-order valence-electron chi connectivity index (χ2n) is 7.32. The Balaban J connectivity index is 0. The molecule has 0 aliphatic carbocycles. The van der Waals surface area contributed by atoms with Crippen LogP contribution in [0.15, 0.2) is 30.3 Å². The van der Waals surface area contributed by atoms with Gasteiger partial charge in [-0.2, -0.15) is 0 Å². The molecule has 1 aromatic carbocycles. The highest BCUT2D eigenvalue weighted by Gasteiger charge is 1.94. The van der Waals surface area contributed by atoms with Crippen molar-refractivity contribution < 1.29 is 9.47 Å². The molecule has 0 atom stereocenters. The van der Waals surface area contributed by atoms with E-state index in [2.05, 4.69) is 83.5 Å². The Morgan fingerprint density at radius 2 is 1.35 bits per heavy atom. The average Bonchev–Trinajstić information content (AvgIpc) is 2.46. The van der Waals surface area contributed by atoms with Gasteiger partial charge in [-0.15, -0.1) is 0 Å². The van der Waals surface area contributed by atoms with E-state index in [1.54, 1.807) is 7.11 Å². The van der Waals surface area contributed by atoms with Crippen LogP contribution in [0.1, 0.15) is 60.5 Å². The van der Waals surface area contributed by atoms with Crippen molar-refractivity contribution in [3.05, 3.63) is 35.9 Å². The molecule has 2 nitrogen and oxygen atoms in total. The molecule has 0 saturated heterocycles. The fraction of sp³-hybridized carbons (Fsp3) is 0.714. The summed E-state index contributed by atoms with van der Waals surface area (Å²) in [6, 6.07) is 10.7. The van der Waals surface area contributed by atoms with Crippen LogP contribution in [0.3, 0.4) is 0 Å². The summed E-state index contributed by atoms with van der Waals surface area (Å²) in [5.41, 5.74) is 1.46. The van der Waals surface area contributed by atoms with E-state index >= 15 is 0 Å². The van der Waals surface area contributed by atoms with Crippen LogP contribution in [0, 0.1) is 17.8 Å². The predicted octanol–water partition coefficient (Wildman–Crippen LogP) is 6.20. The summed E-state index contributed by atoms with van der Waals surface area (Å²) in [6.07, 6.45) is 2.52. The van der Waals surface area contributed by atoms with Gasteiger partial charge in [-0.05, 0) is 36.2 Å². The molecule has 0 spiro atoms. The summed E-state index contributed by atoms with van der Waals surface area (Å²) >= 11 is 0. The lowest BCUT2D eigenvalue weighted by molar-refractivity contribution is -0.0397. The van der Waals surface area contributed by atoms with E-state index in [1.807, 2.05) is 0 Å². The van der Waals surface area contributed by atoms with Crippen LogP contribution in [0.4, 0.5) is 0 Å². The van der Waals surface area contributed by atoms with Crippen molar-refractivity contribution in [2.75, 3.05) is 20.5 Å². The number of benzene rings is 1. The molecule has 1 aromatic rings. The molecule has 0 bridgehead atoms. The van der Waals surface area contributed by atoms with Gasteiger partial charge in [0.25, 0.3) is 0 Å². The van der Waals surface area contributed by atoms with Gasteiger partial charge < -0.3 is 9.47 Å². The largest absolute Gasteiger partial charge is 0.359 e. The molecular formula is C21H40O2. The zero-order valence-corrected chi connectivity index (χ0v) is 16.8. The van der Waals surface area contributed by atoms with Gasteiger partial charge in [0.05, 0.1) is 6.61 Å². The van der Waals surface area contributed by atoms with Crippen LogP contribution in [0.5, 0.6) is 0 Å². The Hall–Kier alpha value is -0.860. The minimum Gasteiger partial charge on any atom is -0.359 e. The molecule has 0 N–H and O–H groups in total. The van der Waals surface area contributed by atoms with Crippen molar-refractivity contribution in [1.82, 2.24) is 0 Å². The Labute approximate surface area is 145 Å². The SMILES string of the molecule is CC(C)C.CC(C)CCc1ccccc1.COCOCC(C)C. The lowest BCUT2D eigenvalue weighted by atomic mass is 10.0. The standard InChI is InChI=1S/C11H16.C6H14O2.C4H10/c1-10(2)8-9-11-6-4-3-5-7-11;1-6(2)4-8-5-7-3;1-4(2)3/h3-7,10H,8-9H2,1-2H3;6H,4-5H2,1-3H3;4H,1-3H3. The van der Waals surface area contributed by atoms with Crippen LogP contribution in [0.2, 0.25) is 0 Å². The molecule has 0 aliphatic rings. The minimum absolute atomic E-state index is 0.415. The van der Waals surface area contributed by atoms with Gasteiger partial charge >= 0.3 is 0 Å². The van der Waals surface area contributed by atoms with Crippen molar-refractivity contribution >= 4 is 0 Å². The van der Waals surface area contributed by atoms with Gasteiger partial charge in [0.15, 0.2) is 0 Å². The van der Waals surface area contributed by atoms with Crippen molar-refractivity contribution in [3.8, 4) is 0 Å². The Morgan fingerprint density at radius 3 is 1.74 bits per heavy atom. The summed E-state index contributed by atoms with van der Waals surface area (Å²) in [5, 5.41) is 0. The van der Waals surface area contributed by atoms with Crippen LogP contribution < -0.4 is 0 Å². The third-order valence-corrected chi connectivity index (χ3v) is 2.51. The molecule has 0 aliphatic heterocycles. The highest BCUT2D eigenvalue weighted by molar-refractivity contribution is 5.14. The normalized spacial score (nSPS) is 10.2. The maximum absolute atomic E-state index is 5.02. The first-order valence-corrected chi connectivity index (χ1v) is 8.90. The molecule has 0 radical (unpaired) electrons. The summed E-state index contributed by atoms with van der Waals surface area (Å²) in [4.78, 5) is 0. The second kappa shape index (κ2) is 17.5. The quantitative estimate of drug-likeness (QED) is 0.439. The number of hydrogen-bond acceptors (Lipinski definition) is 2. The Kier molecular flexibility index (Phi) is 18.6. The van der Waals surface area contributed by atoms with E-state index in [1.165, 1.54) is 18.4 Å². The molecule has 136 valence electrons. The average molecular weight is 325 g/mol. The first-order chi connectivity index (χ1) is 10.8. The number of aryl methyl sites for hydroxylation is 1. The van der Waals surface area contributed by atoms with Crippen LogP contribution >= 0.6 is 0 Å². The molecule has 1 rings (SSSR count). The molecule has 2 heteroatoms. The molecule has 23 heavy (non-hydrogen) atoms. The Bertz CT molecular complexity index is 315. The number of hydrogen-bond donors (Lipinski definition) is 0. The van der Waals surface area contributed by atoms with E-state index in [0.717, 1.165) is 18.4 Å². The van der Waals surface area contributed by atoms with E-state index in [9.17, 15) is 0 Å². The van der Waals surface area contributed by atoms with Crippen LogP contribution in [-0.2, 0) is 15.9 Å². The van der Waals surface area contributed by atoms with Gasteiger partial charge in [-0.3, -0.25) is 0 Å². The van der Waals surface area contributed by atoms with E-state index in [-0.39, 0.29) is 0 Å². The number of methoxy groups -OCH3 is 1. The highest BCUT2D eigenvalue weighted by Crippen LogP contribution is 2.07. The Morgan fingerprint density at radius 1 is 0.826 bits per heavy atom. The van der Waals surface area contributed by atoms with E-state index in [4.69, 9.17) is 4.74 Å². The lowest BCUT2D eigenvalue weighted by Crippen LogP contribution is -2.03.